The fourth-order valence-corrected chi connectivity index (χ4v) is 5.83. The van der Waals surface area contributed by atoms with Crippen LogP contribution < -0.4 is 10.4 Å². The van der Waals surface area contributed by atoms with Crippen LogP contribution in [0.5, 0.6) is 5.75 Å². The van der Waals surface area contributed by atoms with E-state index in [1.54, 1.807) is 23.7 Å². The van der Waals surface area contributed by atoms with Crippen LogP contribution in [0.4, 0.5) is 0 Å². The lowest BCUT2D eigenvalue weighted by Gasteiger charge is -2.31. The first-order chi connectivity index (χ1) is 14.8. The fourth-order valence-electron chi connectivity index (χ4n) is 4.06. The minimum absolute atomic E-state index is 0.164. The number of methoxy groups -OCH3 is 1. The van der Waals surface area contributed by atoms with Crippen molar-refractivity contribution in [3.8, 4) is 11.4 Å². The van der Waals surface area contributed by atoms with Crippen molar-refractivity contribution in [1.29, 1.82) is 0 Å². The van der Waals surface area contributed by atoms with Gasteiger partial charge in [-0.05, 0) is 49.6 Å². The van der Waals surface area contributed by atoms with Crippen LogP contribution in [0.15, 0.2) is 58.2 Å². The Balaban J connectivity index is 1.72. The molecule has 1 aliphatic rings. The maximum absolute atomic E-state index is 13.5. The van der Waals surface area contributed by atoms with Crippen LogP contribution in [-0.4, -0.2) is 47.3 Å². The Morgan fingerprint density at radius 3 is 2.58 bits per heavy atom. The Morgan fingerprint density at radius 1 is 1.13 bits per heavy atom. The lowest BCUT2D eigenvalue weighted by atomic mass is 9.98. The molecule has 8 nitrogen and oxygen atoms in total. The van der Waals surface area contributed by atoms with Gasteiger partial charge in [0.25, 0.3) is 0 Å². The molecule has 0 radical (unpaired) electrons. The lowest BCUT2D eigenvalue weighted by Crippen LogP contribution is -2.40. The fraction of sp³-hybridized carbons (Fsp3) is 0.364. The van der Waals surface area contributed by atoms with E-state index in [1.807, 2.05) is 43.3 Å². The Morgan fingerprint density at radius 2 is 1.87 bits per heavy atom. The summed E-state index contributed by atoms with van der Waals surface area (Å²) >= 11 is 0. The van der Waals surface area contributed by atoms with Gasteiger partial charge in [0.2, 0.25) is 10.0 Å². The minimum atomic E-state index is -3.76. The van der Waals surface area contributed by atoms with Crippen LogP contribution in [0.1, 0.15) is 30.1 Å². The molecule has 0 amide bonds. The molecule has 1 aromatic heterocycles. The van der Waals surface area contributed by atoms with Crippen LogP contribution in [0.3, 0.4) is 0 Å². The van der Waals surface area contributed by atoms with Crippen molar-refractivity contribution >= 4 is 10.0 Å². The molecule has 0 unspecified atom stereocenters. The molecule has 0 N–H and O–H groups in total. The van der Waals surface area contributed by atoms with E-state index in [1.165, 1.54) is 16.1 Å². The van der Waals surface area contributed by atoms with E-state index in [0.29, 0.717) is 24.5 Å². The highest BCUT2D eigenvalue weighted by atomic mass is 32.2. The topological polar surface area (TPSA) is 86.4 Å². The Labute approximate surface area is 181 Å². The molecule has 2 aromatic carbocycles. The molecule has 0 saturated carbocycles. The number of ether oxygens (including phenoxy) is 1. The first-order valence-corrected chi connectivity index (χ1v) is 11.6. The third kappa shape index (κ3) is 3.90. The van der Waals surface area contributed by atoms with E-state index >= 15 is 0 Å². The summed E-state index contributed by atoms with van der Waals surface area (Å²) < 4.78 is 36.6. The van der Waals surface area contributed by atoms with Crippen molar-refractivity contribution in [3.63, 3.8) is 0 Å². The largest absolute Gasteiger partial charge is 0.495 e. The highest BCUT2D eigenvalue weighted by molar-refractivity contribution is 7.89. The molecule has 1 saturated heterocycles. The van der Waals surface area contributed by atoms with E-state index in [9.17, 15) is 13.2 Å². The number of sulfonamides is 1. The summed E-state index contributed by atoms with van der Waals surface area (Å²) in [6.07, 6.45) is 1.43. The zero-order valence-electron chi connectivity index (χ0n) is 17.9. The van der Waals surface area contributed by atoms with Crippen molar-refractivity contribution in [1.82, 2.24) is 18.7 Å². The van der Waals surface area contributed by atoms with Gasteiger partial charge in [-0.15, -0.1) is 0 Å². The average Bonchev–Trinajstić information content (AvgIpc) is 3.08. The van der Waals surface area contributed by atoms with Crippen molar-refractivity contribution in [2.24, 2.45) is 7.05 Å². The normalized spacial score (nSPS) is 17.6. The number of benzene rings is 2. The first kappa shape index (κ1) is 21.3. The molecule has 4 rings (SSSR count). The molecule has 164 valence electrons. The van der Waals surface area contributed by atoms with Gasteiger partial charge in [-0.25, -0.2) is 22.5 Å². The molecule has 1 fully saturated rings. The maximum atomic E-state index is 13.5. The summed E-state index contributed by atoms with van der Waals surface area (Å²) in [5.74, 6) is 0.704. The maximum Gasteiger partial charge on any atom is 0.350 e. The molecule has 9 heteroatoms. The third-order valence-electron chi connectivity index (χ3n) is 5.65. The van der Waals surface area contributed by atoms with Gasteiger partial charge in [-0.2, -0.15) is 9.40 Å². The van der Waals surface area contributed by atoms with E-state index in [2.05, 4.69) is 5.10 Å². The van der Waals surface area contributed by atoms with Gasteiger partial charge in [0.15, 0.2) is 0 Å². The molecule has 0 aliphatic carbocycles. The molecule has 3 aromatic rings. The van der Waals surface area contributed by atoms with E-state index in [4.69, 9.17) is 4.74 Å². The average molecular weight is 443 g/mol. The number of aromatic nitrogens is 3. The van der Waals surface area contributed by atoms with Gasteiger partial charge < -0.3 is 4.74 Å². The summed E-state index contributed by atoms with van der Waals surface area (Å²) in [5, 5.41) is 4.47. The second-order valence-electron chi connectivity index (χ2n) is 7.79. The molecule has 1 aliphatic heterocycles. The number of hydrogen-bond acceptors (Lipinski definition) is 5. The van der Waals surface area contributed by atoms with Crippen molar-refractivity contribution < 1.29 is 13.2 Å². The van der Waals surface area contributed by atoms with Gasteiger partial charge in [-0.3, -0.25) is 0 Å². The highest BCUT2D eigenvalue weighted by Gasteiger charge is 2.35. The molecule has 2 heterocycles. The first-order valence-electron chi connectivity index (χ1n) is 10.2. The Kier molecular flexibility index (Phi) is 5.72. The van der Waals surface area contributed by atoms with Crippen LogP contribution in [0, 0.1) is 6.92 Å². The monoisotopic (exact) mass is 442 g/mol. The minimum Gasteiger partial charge on any atom is -0.495 e. The van der Waals surface area contributed by atoms with E-state index in [-0.39, 0.29) is 23.0 Å². The molecule has 1 atom stereocenters. The highest BCUT2D eigenvalue weighted by Crippen LogP contribution is 2.33. The summed E-state index contributed by atoms with van der Waals surface area (Å²) in [5.41, 5.74) is 1.31. The molecule has 0 bridgehead atoms. The second-order valence-corrected chi connectivity index (χ2v) is 9.70. The Hall–Kier alpha value is -2.91. The molecular formula is C22H26N4O4S. The zero-order chi connectivity index (χ0) is 22.2. The number of para-hydroxylation sites is 1. The van der Waals surface area contributed by atoms with Gasteiger partial charge in [-0.1, -0.05) is 24.3 Å². The van der Waals surface area contributed by atoms with Gasteiger partial charge in [0.05, 0.1) is 12.8 Å². The predicted octanol–water partition coefficient (Wildman–Crippen LogP) is 2.46. The van der Waals surface area contributed by atoms with Gasteiger partial charge in [0, 0.05) is 26.1 Å². The van der Waals surface area contributed by atoms with Crippen molar-refractivity contribution in [3.05, 3.63) is 70.4 Å². The summed E-state index contributed by atoms with van der Waals surface area (Å²) in [6.45, 7) is 2.52. The Bertz CT molecular complexity index is 1250. The number of rotatable bonds is 5. The van der Waals surface area contributed by atoms with Crippen molar-refractivity contribution in [2.45, 2.75) is 30.6 Å². The smallest absolute Gasteiger partial charge is 0.350 e. The third-order valence-corrected chi connectivity index (χ3v) is 7.54. The van der Waals surface area contributed by atoms with Crippen LogP contribution in [0.2, 0.25) is 0 Å². The number of aryl methyl sites for hydroxylation is 2. The lowest BCUT2D eigenvalue weighted by molar-refractivity contribution is 0.305. The molecule has 31 heavy (non-hydrogen) atoms. The van der Waals surface area contributed by atoms with Gasteiger partial charge in [0.1, 0.15) is 16.5 Å². The van der Waals surface area contributed by atoms with E-state index in [0.717, 1.165) is 17.7 Å². The molecule has 0 spiro atoms. The van der Waals surface area contributed by atoms with Crippen LogP contribution >= 0.6 is 0 Å². The standard InChI is InChI=1S/C22H26N4O4S/c1-16-11-12-19(30-3)20(14-16)31(28,29)25-13-7-8-17(15-25)21-23-24(2)22(27)26(21)18-9-5-4-6-10-18/h4-6,9-12,14,17H,7-8,13,15H2,1-3H3/t17-/m0/s1. The molecular weight excluding hydrogens is 416 g/mol. The second kappa shape index (κ2) is 8.32. The summed E-state index contributed by atoms with van der Waals surface area (Å²) in [7, 11) is -0.684. The number of piperidine rings is 1. The zero-order valence-corrected chi connectivity index (χ0v) is 18.7. The van der Waals surface area contributed by atoms with Crippen LogP contribution in [-0.2, 0) is 17.1 Å². The van der Waals surface area contributed by atoms with Gasteiger partial charge >= 0.3 is 5.69 Å². The number of hydrogen-bond donors (Lipinski definition) is 0. The van der Waals surface area contributed by atoms with Crippen LogP contribution in [0.25, 0.3) is 5.69 Å². The predicted molar refractivity (Wildman–Crippen MR) is 117 cm³/mol. The summed E-state index contributed by atoms with van der Waals surface area (Å²) in [6, 6.07) is 14.4. The number of nitrogens with zero attached hydrogens (tertiary/aromatic N) is 4. The summed E-state index contributed by atoms with van der Waals surface area (Å²) in [4.78, 5) is 12.9. The van der Waals surface area contributed by atoms with E-state index < -0.39 is 10.0 Å². The SMILES string of the molecule is COc1ccc(C)cc1S(=O)(=O)N1CCC[C@H](c2nn(C)c(=O)n2-c2ccccc2)C1. The quantitative estimate of drug-likeness (QED) is 0.606. The van der Waals surface area contributed by atoms with Crippen molar-refractivity contribution in [2.75, 3.05) is 20.2 Å².